The van der Waals surface area contributed by atoms with Crippen LogP contribution in [0, 0.1) is 0 Å². The van der Waals surface area contributed by atoms with Crippen LogP contribution in [-0.4, -0.2) is 42.4 Å². The van der Waals surface area contributed by atoms with Crippen LogP contribution in [0.2, 0.25) is 0 Å². The molecule has 1 aromatic heterocycles. The summed E-state index contributed by atoms with van der Waals surface area (Å²) >= 11 is 0. The number of carbonyl (C=O) groups is 1. The summed E-state index contributed by atoms with van der Waals surface area (Å²) in [5.74, 6) is -0.925. The zero-order valence-electron chi connectivity index (χ0n) is 11.2. The number of rotatable bonds is 3. The van der Waals surface area contributed by atoms with E-state index in [1.54, 1.807) is 7.11 Å². The normalized spacial score (nSPS) is 18.6. The van der Waals surface area contributed by atoms with E-state index in [9.17, 15) is 9.90 Å². The van der Waals surface area contributed by atoms with Crippen LogP contribution in [0.25, 0.3) is 10.9 Å². The summed E-state index contributed by atoms with van der Waals surface area (Å²) in [6.45, 7) is 1.76. The summed E-state index contributed by atoms with van der Waals surface area (Å²) in [6.07, 6.45) is 2.77. The Kier molecular flexibility index (Phi) is 3.28. The molecular formula is C15H16N2O3. The molecule has 1 atom stereocenters. The average molecular weight is 272 g/mol. The topological polar surface area (TPSA) is 62.7 Å². The number of aromatic carboxylic acids is 1. The zero-order chi connectivity index (χ0) is 14.1. The number of ether oxygens (including phenoxy) is 1. The number of pyridine rings is 1. The Balaban J connectivity index is 2.02. The number of nitrogens with zero attached hydrogens (tertiary/aromatic N) is 2. The van der Waals surface area contributed by atoms with Gasteiger partial charge >= 0.3 is 5.97 Å². The van der Waals surface area contributed by atoms with Gasteiger partial charge in [-0.1, -0.05) is 0 Å². The van der Waals surface area contributed by atoms with Gasteiger partial charge in [0.25, 0.3) is 0 Å². The number of hydrogen-bond donors (Lipinski definition) is 1. The van der Waals surface area contributed by atoms with E-state index in [-0.39, 0.29) is 6.10 Å². The van der Waals surface area contributed by atoms with E-state index in [1.807, 2.05) is 18.2 Å². The van der Waals surface area contributed by atoms with Crippen molar-refractivity contribution in [1.82, 2.24) is 4.98 Å². The Morgan fingerprint density at radius 3 is 3.00 bits per heavy atom. The molecule has 1 fully saturated rings. The van der Waals surface area contributed by atoms with Gasteiger partial charge in [0.05, 0.1) is 17.2 Å². The van der Waals surface area contributed by atoms with Crippen molar-refractivity contribution >= 4 is 22.6 Å². The second-order valence-corrected chi connectivity index (χ2v) is 4.96. The first kappa shape index (κ1) is 12.9. The Morgan fingerprint density at radius 2 is 2.30 bits per heavy atom. The fraction of sp³-hybridized carbons (Fsp3) is 0.333. The van der Waals surface area contributed by atoms with Gasteiger partial charge in [-0.3, -0.25) is 4.98 Å². The highest BCUT2D eigenvalue weighted by molar-refractivity contribution is 6.03. The van der Waals surface area contributed by atoms with E-state index in [4.69, 9.17) is 4.74 Å². The molecule has 20 heavy (non-hydrogen) atoms. The molecule has 0 radical (unpaired) electrons. The van der Waals surface area contributed by atoms with Crippen LogP contribution in [0.1, 0.15) is 16.8 Å². The quantitative estimate of drug-likeness (QED) is 0.927. The second kappa shape index (κ2) is 5.09. The number of benzene rings is 1. The largest absolute Gasteiger partial charge is 0.478 e. The summed E-state index contributed by atoms with van der Waals surface area (Å²) in [4.78, 5) is 17.7. The van der Waals surface area contributed by atoms with Crippen LogP contribution >= 0.6 is 0 Å². The fourth-order valence-electron chi connectivity index (χ4n) is 2.67. The lowest BCUT2D eigenvalue weighted by atomic mass is 10.1. The number of anilines is 1. The van der Waals surface area contributed by atoms with Crippen molar-refractivity contribution in [3.63, 3.8) is 0 Å². The molecule has 1 unspecified atom stereocenters. The lowest BCUT2D eigenvalue weighted by molar-refractivity contribution is 0.0699. The molecule has 1 aliphatic rings. The lowest BCUT2D eigenvalue weighted by Gasteiger charge is -2.19. The number of carboxylic acids is 1. The van der Waals surface area contributed by atoms with Gasteiger partial charge in [-0.2, -0.15) is 0 Å². The van der Waals surface area contributed by atoms with Crippen molar-refractivity contribution in [3.8, 4) is 0 Å². The summed E-state index contributed by atoms with van der Waals surface area (Å²) in [5, 5.41) is 9.94. The van der Waals surface area contributed by atoms with Crippen LogP contribution in [0.3, 0.4) is 0 Å². The van der Waals surface area contributed by atoms with Crippen molar-refractivity contribution in [2.75, 3.05) is 25.1 Å². The molecule has 104 valence electrons. The average Bonchev–Trinajstić information content (AvgIpc) is 2.94. The van der Waals surface area contributed by atoms with Crippen LogP contribution in [0.4, 0.5) is 5.69 Å². The second-order valence-electron chi connectivity index (χ2n) is 4.96. The van der Waals surface area contributed by atoms with Crippen molar-refractivity contribution < 1.29 is 14.6 Å². The third kappa shape index (κ3) is 2.20. The minimum Gasteiger partial charge on any atom is -0.478 e. The maximum absolute atomic E-state index is 11.3. The molecule has 3 rings (SSSR count). The molecule has 1 aromatic carbocycles. The molecule has 0 bridgehead atoms. The maximum Gasteiger partial charge on any atom is 0.336 e. The van der Waals surface area contributed by atoms with E-state index in [2.05, 4.69) is 9.88 Å². The molecule has 1 aliphatic heterocycles. The van der Waals surface area contributed by atoms with Crippen molar-refractivity contribution in [2.45, 2.75) is 12.5 Å². The van der Waals surface area contributed by atoms with Gasteiger partial charge in [-0.15, -0.1) is 0 Å². The minimum atomic E-state index is -0.925. The highest BCUT2D eigenvalue weighted by atomic mass is 16.5. The molecule has 5 nitrogen and oxygen atoms in total. The van der Waals surface area contributed by atoms with E-state index < -0.39 is 5.97 Å². The molecule has 1 saturated heterocycles. The van der Waals surface area contributed by atoms with Gasteiger partial charge in [0.15, 0.2) is 0 Å². The van der Waals surface area contributed by atoms with Crippen LogP contribution in [0.15, 0.2) is 30.5 Å². The zero-order valence-corrected chi connectivity index (χ0v) is 11.2. The first-order chi connectivity index (χ1) is 9.69. The first-order valence-corrected chi connectivity index (χ1v) is 6.59. The summed E-state index contributed by atoms with van der Waals surface area (Å²) in [5.41, 5.74) is 2.02. The van der Waals surface area contributed by atoms with Gasteiger partial charge in [-0.25, -0.2) is 4.79 Å². The Morgan fingerprint density at radius 1 is 1.45 bits per heavy atom. The smallest absolute Gasteiger partial charge is 0.336 e. The van der Waals surface area contributed by atoms with Crippen LogP contribution in [-0.2, 0) is 4.74 Å². The molecule has 0 aliphatic carbocycles. The van der Waals surface area contributed by atoms with Crippen LogP contribution in [0.5, 0.6) is 0 Å². The number of fused-ring (bicyclic) bond motifs is 1. The highest BCUT2D eigenvalue weighted by Crippen LogP contribution is 2.27. The summed E-state index contributed by atoms with van der Waals surface area (Å²) in [6, 6.07) is 7.30. The molecule has 0 spiro atoms. The fourth-order valence-corrected chi connectivity index (χ4v) is 2.67. The maximum atomic E-state index is 11.3. The van der Waals surface area contributed by atoms with Gasteiger partial charge in [0.1, 0.15) is 0 Å². The predicted molar refractivity (Wildman–Crippen MR) is 76.3 cm³/mol. The third-order valence-corrected chi connectivity index (χ3v) is 3.80. The number of aromatic nitrogens is 1. The summed E-state index contributed by atoms with van der Waals surface area (Å²) in [7, 11) is 1.72. The first-order valence-electron chi connectivity index (χ1n) is 6.59. The third-order valence-electron chi connectivity index (χ3n) is 3.80. The molecule has 2 aromatic rings. The Hall–Kier alpha value is -2.14. The molecule has 2 heterocycles. The lowest BCUT2D eigenvalue weighted by Crippen LogP contribution is -2.22. The van der Waals surface area contributed by atoms with E-state index in [1.165, 1.54) is 12.3 Å². The van der Waals surface area contributed by atoms with E-state index in [0.29, 0.717) is 16.5 Å². The Bertz CT molecular complexity index is 657. The Labute approximate surface area is 116 Å². The van der Waals surface area contributed by atoms with Crippen molar-refractivity contribution in [2.24, 2.45) is 0 Å². The van der Waals surface area contributed by atoms with Crippen molar-refractivity contribution in [3.05, 3.63) is 36.0 Å². The number of methoxy groups -OCH3 is 1. The van der Waals surface area contributed by atoms with Crippen molar-refractivity contribution in [1.29, 1.82) is 0 Å². The van der Waals surface area contributed by atoms with Gasteiger partial charge in [0.2, 0.25) is 0 Å². The van der Waals surface area contributed by atoms with Gasteiger partial charge in [-0.05, 0) is 30.7 Å². The van der Waals surface area contributed by atoms with E-state index in [0.717, 1.165) is 25.2 Å². The molecule has 5 heteroatoms. The van der Waals surface area contributed by atoms with E-state index >= 15 is 0 Å². The minimum absolute atomic E-state index is 0.249. The van der Waals surface area contributed by atoms with Gasteiger partial charge in [0, 0.05) is 37.5 Å². The standard InChI is InChI=1S/C15H16N2O3/c1-20-11-5-7-17(9-11)10-2-3-14-13(8-10)12(15(18)19)4-6-16-14/h2-4,6,8,11H,5,7,9H2,1H3,(H,18,19). The molecule has 0 amide bonds. The van der Waals surface area contributed by atoms with Gasteiger partial charge < -0.3 is 14.7 Å². The number of hydrogen-bond acceptors (Lipinski definition) is 4. The predicted octanol–water partition coefficient (Wildman–Crippen LogP) is 2.16. The SMILES string of the molecule is COC1CCN(c2ccc3nccc(C(=O)O)c3c2)C1. The highest BCUT2D eigenvalue weighted by Gasteiger charge is 2.22. The van der Waals surface area contributed by atoms with Crippen LogP contribution < -0.4 is 4.90 Å². The monoisotopic (exact) mass is 272 g/mol. The molecular weight excluding hydrogens is 256 g/mol. The summed E-state index contributed by atoms with van der Waals surface area (Å²) < 4.78 is 5.36. The number of carboxylic acid groups (broad SMARTS) is 1. The molecule has 0 saturated carbocycles. The molecule has 1 N–H and O–H groups in total.